The van der Waals surface area contributed by atoms with Gasteiger partial charge in [0.2, 0.25) is 0 Å². The molecule has 1 N–H and O–H groups in total. The molecule has 0 fully saturated rings. The SMILES string of the molecule is COC(=O)c1cc(Br)c(C)c(C)c1O.COC(=O)c1cc(Br)c(C)c(C)c1OC. The van der Waals surface area contributed by atoms with Crippen LogP contribution in [-0.4, -0.2) is 38.4 Å². The zero-order valence-electron chi connectivity index (χ0n) is 17.4. The van der Waals surface area contributed by atoms with Gasteiger partial charge in [-0.2, -0.15) is 0 Å². The molecular weight excluding hydrogens is 508 g/mol. The van der Waals surface area contributed by atoms with Crippen molar-refractivity contribution in [2.75, 3.05) is 21.3 Å². The van der Waals surface area contributed by atoms with Gasteiger partial charge in [0, 0.05) is 8.95 Å². The third-order valence-electron chi connectivity index (χ3n) is 4.59. The molecule has 29 heavy (non-hydrogen) atoms. The molecule has 0 aliphatic heterocycles. The van der Waals surface area contributed by atoms with E-state index in [9.17, 15) is 14.7 Å². The first kappa shape index (κ1) is 25.0. The molecule has 0 aliphatic rings. The number of carbonyl (C=O) groups is 2. The van der Waals surface area contributed by atoms with Gasteiger partial charge in [-0.05, 0) is 62.1 Å². The highest BCUT2D eigenvalue weighted by Crippen LogP contribution is 2.32. The molecule has 0 amide bonds. The average Bonchev–Trinajstić information content (AvgIpc) is 2.72. The van der Waals surface area contributed by atoms with E-state index in [4.69, 9.17) is 4.74 Å². The molecule has 8 heteroatoms. The third kappa shape index (κ3) is 5.51. The van der Waals surface area contributed by atoms with Crippen molar-refractivity contribution in [3.05, 3.63) is 54.5 Å². The number of aromatic hydroxyl groups is 1. The van der Waals surface area contributed by atoms with Crippen LogP contribution in [0.25, 0.3) is 0 Å². The first-order valence-corrected chi connectivity index (χ1v) is 10.1. The van der Waals surface area contributed by atoms with Crippen LogP contribution in [-0.2, 0) is 9.47 Å². The van der Waals surface area contributed by atoms with Crippen molar-refractivity contribution in [3.63, 3.8) is 0 Å². The lowest BCUT2D eigenvalue weighted by Crippen LogP contribution is -2.06. The van der Waals surface area contributed by atoms with Gasteiger partial charge >= 0.3 is 11.9 Å². The molecule has 158 valence electrons. The van der Waals surface area contributed by atoms with Crippen molar-refractivity contribution < 1.29 is 28.9 Å². The lowest BCUT2D eigenvalue weighted by molar-refractivity contribution is 0.0587. The molecule has 0 bridgehead atoms. The van der Waals surface area contributed by atoms with Crippen LogP contribution in [0, 0.1) is 27.7 Å². The summed E-state index contributed by atoms with van der Waals surface area (Å²) in [5.74, 6) is -0.373. The topological polar surface area (TPSA) is 82.1 Å². The quantitative estimate of drug-likeness (QED) is 0.532. The molecule has 0 aliphatic carbocycles. The number of esters is 2. The number of phenols is 1. The zero-order chi connectivity index (χ0) is 22.5. The minimum Gasteiger partial charge on any atom is -0.507 e. The second kappa shape index (κ2) is 10.6. The molecule has 0 saturated heterocycles. The van der Waals surface area contributed by atoms with Gasteiger partial charge in [0.15, 0.2) is 0 Å². The van der Waals surface area contributed by atoms with Gasteiger partial charge in [-0.25, -0.2) is 9.59 Å². The highest BCUT2D eigenvalue weighted by Gasteiger charge is 2.18. The Morgan fingerprint density at radius 3 is 1.62 bits per heavy atom. The highest BCUT2D eigenvalue weighted by molar-refractivity contribution is 9.10. The van der Waals surface area contributed by atoms with Gasteiger partial charge in [0.1, 0.15) is 22.6 Å². The van der Waals surface area contributed by atoms with Crippen LogP contribution in [0.5, 0.6) is 11.5 Å². The monoisotopic (exact) mass is 530 g/mol. The predicted octanol–water partition coefficient (Wildman–Crippen LogP) is 5.42. The summed E-state index contributed by atoms with van der Waals surface area (Å²) in [5, 5.41) is 9.68. The Hall–Kier alpha value is -2.06. The molecule has 2 aromatic carbocycles. The van der Waals surface area contributed by atoms with Crippen molar-refractivity contribution in [2.45, 2.75) is 27.7 Å². The molecule has 0 unspecified atom stereocenters. The maximum Gasteiger partial charge on any atom is 0.341 e. The minimum atomic E-state index is -0.536. The van der Waals surface area contributed by atoms with E-state index in [1.165, 1.54) is 14.2 Å². The summed E-state index contributed by atoms with van der Waals surface area (Å²) in [6.07, 6.45) is 0. The first-order valence-electron chi connectivity index (χ1n) is 8.50. The molecule has 6 nitrogen and oxygen atoms in total. The van der Waals surface area contributed by atoms with Gasteiger partial charge in [0.05, 0.1) is 21.3 Å². The maximum atomic E-state index is 11.5. The van der Waals surface area contributed by atoms with Crippen LogP contribution in [0.3, 0.4) is 0 Å². The molecule has 2 aromatic rings. The normalized spacial score (nSPS) is 9.97. The Morgan fingerprint density at radius 2 is 1.17 bits per heavy atom. The Balaban J connectivity index is 0.000000291. The summed E-state index contributed by atoms with van der Waals surface area (Å²) in [7, 11) is 4.18. The Morgan fingerprint density at radius 1 is 0.759 bits per heavy atom. The van der Waals surface area contributed by atoms with Gasteiger partial charge in [-0.1, -0.05) is 31.9 Å². The van der Waals surface area contributed by atoms with Crippen LogP contribution in [0.4, 0.5) is 0 Å². The molecule has 0 aromatic heterocycles. The van der Waals surface area contributed by atoms with Crippen LogP contribution in [0.1, 0.15) is 43.0 Å². The second-order valence-corrected chi connectivity index (χ2v) is 7.89. The van der Waals surface area contributed by atoms with Gasteiger partial charge in [0.25, 0.3) is 0 Å². The third-order valence-corrected chi connectivity index (χ3v) is 6.24. The minimum absolute atomic E-state index is 0.0162. The number of carbonyl (C=O) groups excluding carboxylic acids is 2. The largest absolute Gasteiger partial charge is 0.507 e. The number of ether oxygens (including phenoxy) is 3. The van der Waals surface area contributed by atoms with Crippen LogP contribution < -0.4 is 4.74 Å². The van der Waals surface area contributed by atoms with E-state index in [1.54, 1.807) is 26.2 Å². The summed E-state index contributed by atoms with van der Waals surface area (Å²) in [4.78, 5) is 22.7. The fourth-order valence-electron chi connectivity index (χ4n) is 2.50. The first-order chi connectivity index (χ1) is 13.5. The number of rotatable bonds is 3. The Labute approximate surface area is 187 Å². The highest BCUT2D eigenvalue weighted by atomic mass is 79.9. The van der Waals surface area contributed by atoms with E-state index in [0.717, 1.165) is 25.6 Å². The van der Waals surface area contributed by atoms with E-state index < -0.39 is 11.9 Å². The van der Waals surface area contributed by atoms with E-state index in [1.807, 2.05) is 20.8 Å². The number of benzene rings is 2. The lowest BCUT2D eigenvalue weighted by atomic mass is 10.0. The molecule has 2 rings (SSSR count). The van der Waals surface area contributed by atoms with Crippen molar-refractivity contribution >= 4 is 43.8 Å². The number of hydrogen-bond acceptors (Lipinski definition) is 6. The molecule has 0 radical (unpaired) electrons. The Bertz CT molecular complexity index is 938. The van der Waals surface area contributed by atoms with Crippen molar-refractivity contribution in [2.24, 2.45) is 0 Å². The summed E-state index contributed by atoms with van der Waals surface area (Å²) in [6.45, 7) is 7.48. The molecular formula is C21H24Br2O6. The van der Waals surface area contributed by atoms with Crippen LogP contribution in [0.15, 0.2) is 21.1 Å². The van der Waals surface area contributed by atoms with E-state index in [2.05, 4.69) is 41.3 Å². The summed E-state index contributed by atoms with van der Waals surface area (Å²) in [5.41, 5.74) is 4.21. The van der Waals surface area contributed by atoms with Gasteiger partial charge in [-0.15, -0.1) is 0 Å². The number of hydrogen-bond donors (Lipinski definition) is 1. The number of halogens is 2. The smallest absolute Gasteiger partial charge is 0.341 e. The van der Waals surface area contributed by atoms with Crippen molar-refractivity contribution in [1.82, 2.24) is 0 Å². The molecule has 0 saturated carbocycles. The number of methoxy groups -OCH3 is 3. The lowest BCUT2D eigenvalue weighted by Gasteiger charge is -2.13. The van der Waals surface area contributed by atoms with Crippen LogP contribution in [0.2, 0.25) is 0 Å². The van der Waals surface area contributed by atoms with Gasteiger partial charge in [-0.3, -0.25) is 0 Å². The summed E-state index contributed by atoms with van der Waals surface area (Å²) < 4.78 is 16.1. The summed E-state index contributed by atoms with van der Waals surface area (Å²) in [6, 6.07) is 3.27. The molecule has 0 atom stereocenters. The number of phenolic OH excluding ortho intramolecular Hbond substituents is 1. The predicted molar refractivity (Wildman–Crippen MR) is 118 cm³/mol. The molecule has 0 spiro atoms. The van der Waals surface area contributed by atoms with Crippen molar-refractivity contribution in [1.29, 1.82) is 0 Å². The van der Waals surface area contributed by atoms with E-state index >= 15 is 0 Å². The van der Waals surface area contributed by atoms with Gasteiger partial charge < -0.3 is 19.3 Å². The fourth-order valence-corrected chi connectivity index (χ4v) is 3.56. The van der Waals surface area contributed by atoms with Crippen LogP contribution >= 0.6 is 31.9 Å². The molecule has 0 heterocycles. The fraction of sp³-hybridized carbons (Fsp3) is 0.333. The average molecular weight is 532 g/mol. The second-order valence-electron chi connectivity index (χ2n) is 6.18. The van der Waals surface area contributed by atoms with Crippen molar-refractivity contribution in [3.8, 4) is 11.5 Å². The van der Waals surface area contributed by atoms with E-state index in [0.29, 0.717) is 16.9 Å². The summed E-state index contributed by atoms with van der Waals surface area (Å²) >= 11 is 6.70. The Kier molecular flexibility index (Phi) is 9.16. The zero-order valence-corrected chi connectivity index (χ0v) is 20.6. The maximum absolute atomic E-state index is 11.5. The standard InChI is InChI=1S/C11H13BrO3.C10H11BrO3/c1-6-7(2)10(14-3)8(5-9(6)12)11(13)15-4;1-5-6(2)9(12)7(4-8(5)11)10(13)14-3/h5H,1-4H3;4,12H,1-3H3. The van der Waals surface area contributed by atoms with E-state index in [-0.39, 0.29) is 11.3 Å².